The molecule has 3 unspecified atom stereocenters. The number of rotatable bonds is 52. The lowest BCUT2D eigenvalue weighted by Gasteiger charge is -2.29. The molecule has 2 N–H and O–H groups in total. The molecule has 0 aromatic heterocycles. The van der Waals surface area contributed by atoms with Gasteiger partial charge in [-0.2, -0.15) is 0 Å². The van der Waals surface area contributed by atoms with Gasteiger partial charge in [-0.25, -0.2) is 0 Å². The van der Waals surface area contributed by atoms with Crippen molar-refractivity contribution in [2.24, 2.45) is 0 Å². The van der Waals surface area contributed by atoms with Gasteiger partial charge in [0.2, 0.25) is 5.91 Å². The number of amides is 1. The van der Waals surface area contributed by atoms with Crippen molar-refractivity contribution in [3.8, 4) is 0 Å². The predicted octanol–water partition coefficient (Wildman–Crippen LogP) is 17.0. The Kier molecular flexibility index (Phi) is 49.9. The predicted molar refractivity (Wildman–Crippen MR) is 302 cm³/mol. The lowest BCUT2D eigenvalue weighted by atomic mass is 10.0. The van der Waals surface area contributed by atoms with Crippen LogP contribution < -0.4 is 10.2 Å². The molecule has 0 rings (SSSR count). The van der Waals surface area contributed by atoms with Gasteiger partial charge in [-0.1, -0.05) is 247 Å². The molecule has 9 heteroatoms. The summed E-state index contributed by atoms with van der Waals surface area (Å²) in [4.78, 5) is 25.3. The monoisotopic (exact) mass is 999 g/mol. The van der Waals surface area contributed by atoms with Gasteiger partial charge >= 0.3 is 0 Å². The largest absolute Gasteiger partial charge is 0.756 e. The van der Waals surface area contributed by atoms with Gasteiger partial charge in [0.1, 0.15) is 13.2 Å². The van der Waals surface area contributed by atoms with E-state index in [1.807, 2.05) is 27.2 Å². The zero-order valence-electron chi connectivity index (χ0n) is 46.2. The maximum atomic E-state index is 12.9. The molecule has 406 valence electrons. The average molecular weight is 1000 g/mol. The number of phosphoric ester groups is 1. The van der Waals surface area contributed by atoms with E-state index in [9.17, 15) is 19.4 Å². The van der Waals surface area contributed by atoms with E-state index in [-0.39, 0.29) is 12.5 Å². The Bertz CT molecular complexity index is 1410. The molecule has 1 amide bonds. The Balaban J connectivity index is 3.84. The summed E-state index contributed by atoms with van der Waals surface area (Å²) in [7, 11) is 1.24. The second-order valence-corrected chi connectivity index (χ2v) is 22.0. The highest BCUT2D eigenvalue weighted by molar-refractivity contribution is 7.45. The van der Waals surface area contributed by atoms with E-state index in [0.717, 1.165) is 70.6 Å². The molecule has 70 heavy (non-hydrogen) atoms. The first kappa shape index (κ1) is 67.7. The van der Waals surface area contributed by atoms with Crippen molar-refractivity contribution in [3.05, 3.63) is 85.1 Å². The fraction of sp³-hybridized carbons (Fsp3) is 0.754. The maximum absolute atomic E-state index is 12.9. The molecular formula is C61H111N2O6P. The number of aliphatic hydroxyl groups excluding tert-OH is 1. The van der Waals surface area contributed by atoms with E-state index in [0.29, 0.717) is 17.4 Å². The minimum absolute atomic E-state index is 0.00761. The third kappa shape index (κ3) is 53.5. The number of likely N-dealkylation sites (N-methyl/N-ethyl adjacent to an activating group) is 1. The molecule has 0 aromatic carbocycles. The topological polar surface area (TPSA) is 108 Å². The van der Waals surface area contributed by atoms with Crippen LogP contribution in [0.25, 0.3) is 0 Å². The van der Waals surface area contributed by atoms with Crippen molar-refractivity contribution in [2.75, 3.05) is 40.9 Å². The van der Waals surface area contributed by atoms with Gasteiger partial charge in [0, 0.05) is 6.42 Å². The number of hydrogen-bond acceptors (Lipinski definition) is 6. The number of carbonyl (C=O) groups is 1. The second kappa shape index (κ2) is 51.6. The van der Waals surface area contributed by atoms with Crippen LogP contribution in [0, 0.1) is 0 Å². The lowest BCUT2D eigenvalue weighted by Crippen LogP contribution is -2.45. The molecule has 0 spiro atoms. The van der Waals surface area contributed by atoms with Crippen LogP contribution >= 0.6 is 7.82 Å². The third-order valence-electron chi connectivity index (χ3n) is 12.6. The molecule has 0 aliphatic carbocycles. The summed E-state index contributed by atoms with van der Waals surface area (Å²) >= 11 is 0. The molecule has 0 aliphatic rings. The van der Waals surface area contributed by atoms with Crippen LogP contribution in [0.4, 0.5) is 0 Å². The molecule has 0 aliphatic heterocycles. The number of hydrogen-bond donors (Lipinski definition) is 2. The molecule has 0 saturated heterocycles. The van der Waals surface area contributed by atoms with E-state index in [1.165, 1.54) is 154 Å². The molecule has 8 nitrogen and oxygen atoms in total. The fourth-order valence-electron chi connectivity index (χ4n) is 8.08. The Hall–Kier alpha value is -2.32. The van der Waals surface area contributed by atoms with Crippen molar-refractivity contribution in [1.29, 1.82) is 0 Å². The first-order valence-electron chi connectivity index (χ1n) is 28.9. The van der Waals surface area contributed by atoms with Crippen molar-refractivity contribution < 1.29 is 32.9 Å². The Labute approximate surface area is 433 Å². The molecule has 0 aromatic rings. The van der Waals surface area contributed by atoms with E-state index in [4.69, 9.17) is 9.05 Å². The molecular weight excluding hydrogens is 888 g/mol. The Morgan fingerprint density at radius 1 is 0.514 bits per heavy atom. The first-order chi connectivity index (χ1) is 34.0. The van der Waals surface area contributed by atoms with Crippen LogP contribution in [0.15, 0.2) is 85.1 Å². The van der Waals surface area contributed by atoms with E-state index in [1.54, 1.807) is 6.08 Å². The summed E-state index contributed by atoms with van der Waals surface area (Å²) in [6, 6.07) is -0.902. The number of carbonyl (C=O) groups excluding carboxylic acids is 1. The quantitative estimate of drug-likeness (QED) is 0.0272. The average Bonchev–Trinajstić information content (AvgIpc) is 3.32. The van der Waals surface area contributed by atoms with Crippen molar-refractivity contribution in [3.63, 3.8) is 0 Å². The SMILES string of the molecule is CC/C=C\C/C=C\C/C=C\C/C=C\C/C=C\CCCCCCCCCCCCCCCCCCCCCCCCCC(=O)NC(COP(=O)([O-])OCC[N+](C)(C)C)C(O)/C=C/CC/C=C/CCCCC. The summed E-state index contributed by atoms with van der Waals surface area (Å²) < 4.78 is 23.2. The zero-order chi connectivity index (χ0) is 51.3. The van der Waals surface area contributed by atoms with Gasteiger partial charge in [-0.05, 0) is 77.0 Å². The molecule has 3 atom stereocenters. The van der Waals surface area contributed by atoms with Gasteiger partial charge in [-0.15, -0.1) is 0 Å². The van der Waals surface area contributed by atoms with Crippen LogP contribution in [-0.4, -0.2) is 68.5 Å². The summed E-state index contributed by atoms with van der Waals surface area (Å²) in [5.74, 6) is -0.209. The van der Waals surface area contributed by atoms with Gasteiger partial charge in [0.15, 0.2) is 0 Å². The molecule has 0 bridgehead atoms. The standard InChI is InChI=1S/C61H111N2O6P/c1-6-8-10-12-14-16-17-18-19-20-21-22-23-24-25-26-27-28-29-30-31-32-33-34-35-36-37-38-39-40-41-42-43-44-45-47-49-51-53-55-61(65)62-59(58-69-70(66,67)68-57-56-63(3,4)5)60(64)54-52-50-48-46-15-13-11-9-7-2/h8,10,14-16,18-19,21-22,24-25,46,52,54,59-60,64H,6-7,9,11-13,17,20,23,26-45,47-51,53,55-58H2,1-5H3,(H-,62,65,66,67)/b10-8-,16-14-,19-18-,22-21-,25-24-,46-15+,54-52+. The van der Waals surface area contributed by atoms with E-state index in [2.05, 4.69) is 92.1 Å². The van der Waals surface area contributed by atoms with Gasteiger partial charge in [0.05, 0.1) is 39.9 Å². The van der Waals surface area contributed by atoms with Gasteiger partial charge < -0.3 is 28.8 Å². The molecule has 0 radical (unpaired) electrons. The number of nitrogens with zero attached hydrogens (tertiary/aromatic N) is 1. The number of quaternary nitrogens is 1. The third-order valence-corrected chi connectivity index (χ3v) is 13.6. The summed E-state index contributed by atoms with van der Waals surface area (Å²) in [5, 5.41) is 13.7. The smallest absolute Gasteiger partial charge is 0.268 e. The summed E-state index contributed by atoms with van der Waals surface area (Å²) in [5.41, 5.74) is 0. The maximum Gasteiger partial charge on any atom is 0.268 e. The Morgan fingerprint density at radius 2 is 0.886 bits per heavy atom. The highest BCUT2D eigenvalue weighted by Crippen LogP contribution is 2.38. The highest BCUT2D eigenvalue weighted by atomic mass is 31.2. The van der Waals surface area contributed by atoms with Crippen LogP contribution in [-0.2, 0) is 18.4 Å². The Morgan fingerprint density at radius 3 is 1.33 bits per heavy atom. The second-order valence-electron chi connectivity index (χ2n) is 20.6. The van der Waals surface area contributed by atoms with Crippen LogP contribution in [0.1, 0.15) is 245 Å². The number of phosphoric acid groups is 1. The summed E-state index contributed by atoms with van der Waals surface area (Å²) in [6.45, 7) is 4.46. The van der Waals surface area contributed by atoms with Crippen LogP contribution in [0.2, 0.25) is 0 Å². The van der Waals surface area contributed by atoms with E-state index >= 15 is 0 Å². The van der Waals surface area contributed by atoms with Gasteiger partial charge in [0.25, 0.3) is 7.82 Å². The minimum Gasteiger partial charge on any atom is -0.756 e. The van der Waals surface area contributed by atoms with Crippen LogP contribution in [0.5, 0.6) is 0 Å². The normalized spacial score (nSPS) is 14.6. The number of nitrogens with one attached hydrogen (secondary N) is 1. The molecule has 0 saturated carbocycles. The zero-order valence-corrected chi connectivity index (χ0v) is 47.1. The highest BCUT2D eigenvalue weighted by Gasteiger charge is 2.23. The fourth-order valence-corrected chi connectivity index (χ4v) is 8.80. The lowest BCUT2D eigenvalue weighted by molar-refractivity contribution is -0.870. The number of unbranched alkanes of at least 4 members (excludes halogenated alkanes) is 27. The number of allylic oxidation sites excluding steroid dienone is 13. The minimum atomic E-state index is -4.60. The molecule has 0 fully saturated rings. The number of aliphatic hydroxyl groups is 1. The van der Waals surface area contributed by atoms with Crippen molar-refractivity contribution in [2.45, 2.75) is 257 Å². The molecule has 0 heterocycles. The van der Waals surface area contributed by atoms with Gasteiger partial charge in [-0.3, -0.25) is 9.36 Å². The van der Waals surface area contributed by atoms with Crippen LogP contribution in [0.3, 0.4) is 0 Å². The van der Waals surface area contributed by atoms with Crippen molar-refractivity contribution in [1.82, 2.24) is 5.32 Å². The van der Waals surface area contributed by atoms with Crippen molar-refractivity contribution >= 4 is 13.7 Å². The van der Waals surface area contributed by atoms with E-state index < -0.39 is 26.6 Å². The first-order valence-corrected chi connectivity index (χ1v) is 30.4. The summed E-state index contributed by atoms with van der Waals surface area (Å²) in [6.07, 6.45) is 72.8.